The van der Waals surface area contributed by atoms with Crippen LogP contribution in [0.2, 0.25) is 0 Å². The van der Waals surface area contributed by atoms with Crippen LogP contribution in [0.3, 0.4) is 0 Å². The first-order chi connectivity index (χ1) is 8.18. The first kappa shape index (κ1) is 14.4. The molecule has 1 fully saturated rings. The molecule has 0 aromatic carbocycles. The molecule has 0 aromatic heterocycles. The smallest absolute Gasteiger partial charge is 0.328 e. The molecule has 17 heavy (non-hydrogen) atoms. The Bertz CT molecular complexity index is 236. The zero-order valence-electron chi connectivity index (χ0n) is 11.1. The van der Waals surface area contributed by atoms with Gasteiger partial charge < -0.3 is 14.4 Å². The lowest BCUT2D eigenvalue weighted by atomic mass is 9.99. The summed E-state index contributed by atoms with van der Waals surface area (Å²) in [6, 6.07) is 0. The number of nitrogens with one attached hydrogen (secondary N) is 1. The summed E-state index contributed by atoms with van der Waals surface area (Å²) in [5.74, 6) is -0.213. The summed E-state index contributed by atoms with van der Waals surface area (Å²) in [7, 11) is 1.43. The molecule has 0 aromatic rings. The van der Waals surface area contributed by atoms with E-state index in [1.54, 1.807) is 0 Å². The van der Waals surface area contributed by atoms with Gasteiger partial charge >= 0.3 is 5.97 Å². The Labute approximate surface area is 103 Å². The van der Waals surface area contributed by atoms with Crippen molar-refractivity contribution in [2.45, 2.75) is 25.8 Å². The second-order valence-corrected chi connectivity index (χ2v) is 4.33. The van der Waals surface area contributed by atoms with Gasteiger partial charge in [-0.25, -0.2) is 4.79 Å². The minimum atomic E-state index is -0.623. The van der Waals surface area contributed by atoms with Crippen LogP contribution in [0.5, 0.6) is 0 Å². The maximum Gasteiger partial charge on any atom is 0.328 e. The topological polar surface area (TPSA) is 50.8 Å². The summed E-state index contributed by atoms with van der Waals surface area (Å²) in [5.41, 5.74) is -0.623. The van der Waals surface area contributed by atoms with Crippen molar-refractivity contribution in [1.82, 2.24) is 10.2 Å². The number of nitrogens with zero attached hydrogens (tertiary/aromatic N) is 1. The van der Waals surface area contributed by atoms with Crippen molar-refractivity contribution in [3.8, 4) is 0 Å². The molecular weight excluding hydrogens is 220 g/mol. The van der Waals surface area contributed by atoms with Crippen molar-refractivity contribution < 1.29 is 14.3 Å². The molecule has 0 radical (unpaired) electrons. The lowest BCUT2D eigenvalue weighted by Crippen LogP contribution is -2.55. The van der Waals surface area contributed by atoms with Crippen molar-refractivity contribution in [3.63, 3.8) is 0 Å². The predicted molar refractivity (Wildman–Crippen MR) is 66.0 cm³/mol. The molecule has 0 bridgehead atoms. The number of ether oxygens (including phenoxy) is 2. The minimum absolute atomic E-state index is 0.213. The van der Waals surface area contributed by atoms with E-state index in [1.165, 1.54) is 7.11 Å². The number of hydrogen-bond acceptors (Lipinski definition) is 5. The third-order valence-corrected chi connectivity index (χ3v) is 3.38. The van der Waals surface area contributed by atoms with Crippen LogP contribution in [-0.2, 0) is 14.3 Å². The zero-order valence-corrected chi connectivity index (χ0v) is 11.1. The summed E-state index contributed by atoms with van der Waals surface area (Å²) < 4.78 is 10.2. The maximum atomic E-state index is 11.8. The van der Waals surface area contributed by atoms with Crippen LogP contribution in [0.1, 0.15) is 20.3 Å². The highest BCUT2D eigenvalue weighted by Crippen LogP contribution is 2.19. The van der Waals surface area contributed by atoms with Gasteiger partial charge in [-0.15, -0.1) is 0 Å². The van der Waals surface area contributed by atoms with Crippen molar-refractivity contribution in [3.05, 3.63) is 0 Å². The number of esters is 1. The number of carbonyl (C=O) groups excluding carboxylic acids is 1. The number of hydrogen-bond donors (Lipinski definition) is 1. The lowest BCUT2D eigenvalue weighted by Gasteiger charge is -2.27. The molecule has 1 heterocycles. The average Bonchev–Trinajstić information content (AvgIpc) is 2.83. The molecular formula is C12H24N2O3. The lowest BCUT2D eigenvalue weighted by molar-refractivity contribution is -0.148. The number of methoxy groups -OCH3 is 1. The summed E-state index contributed by atoms with van der Waals surface area (Å²) >= 11 is 0. The molecule has 1 atom stereocenters. The van der Waals surface area contributed by atoms with E-state index in [0.717, 1.165) is 26.2 Å². The Morgan fingerprint density at radius 1 is 1.47 bits per heavy atom. The Morgan fingerprint density at radius 2 is 2.18 bits per heavy atom. The standard InChI is InChI=1S/C12H24N2O3/c1-4-14(5-2)8-7-13-12(11(15)16-3)6-9-17-10-12/h13H,4-10H2,1-3H3. The molecule has 5 heteroatoms. The molecule has 0 spiro atoms. The van der Waals surface area contributed by atoms with E-state index in [-0.39, 0.29) is 5.97 Å². The maximum absolute atomic E-state index is 11.8. The van der Waals surface area contributed by atoms with Crippen LogP contribution < -0.4 is 5.32 Å². The Balaban J connectivity index is 2.43. The van der Waals surface area contributed by atoms with Crippen LogP contribution in [0.25, 0.3) is 0 Å². The fourth-order valence-electron chi connectivity index (χ4n) is 2.13. The van der Waals surface area contributed by atoms with Gasteiger partial charge in [0, 0.05) is 26.1 Å². The van der Waals surface area contributed by atoms with Gasteiger partial charge in [-0.2, -0.15) is 0 Å². The molecule has 1 aliphatic rings. The monoisotopic (exact) mass is 244 g/mol. The van der Waals surface area contributed by atoms with Crippen molar-refractivity contribution in [2.24, 2.45) is 0 Å². The minimum Gasteiger partial charge on any atom is -0.468 e. The highest BCUT2D eigenvalue weighted by molar-refractivity contribution is 5.81. The van der Waals surface area contributed by atoms with Gasteiger partial charge in [0.2, 0.25) is 0 Å². The van der Waals surface area contributed by atoms with E-state index in [0.29, 0.717) is 19.6 Å². The molecule has 1 unspecified atom stereocenters. The first-order valence-electron chi connectivity index (χ1n) is 6.32. The van der Waals surface area contributed by atoms with Gasteiger partial charge in [0.25, 0.3) is 0 Å². The van der Waals surface area contributed by atoms with Gasteiger partial charge in [0.15, 0.2) is 0 Å². The summed E-state index contributed by atoms with van der Waals surface area (Å²) in [5, 5.41) is 3.30. The third-order valence-electron chi connectivity index (χ3n) is 3.38. The summed E-state index contributed by atoms with van der Waals surface area (Å²) in [6.45, 7) is 9.08. The highest BCUT2D eigenvalue weighted by Gasteiger charge is 2.42. The van der Waals surface area contributed by atoms with Gasteiger partial charge in [-0.3, -0.25) is 5.32 Å². The van der Waals surface area contributed by atoms with Crippen molar-refractivity contribution in [2.75, 3.05) is 46.5 Å². The molecule has 1 rings (SSSR count). The second kappa shape index (κ2) is 6.93. The van der Waals surface area contributed by atoms with Gasteiger partial charge in [-0.05, 0) is 13.1 Å². The van der Waals surface area contributed by atoms with Gasteiger partial charge in [0.1, 0.15) is 5.54 Å². The van der Waals surface area contributed by atoms with Crippen LogP contribution in [0.15, 0.2) is 0 Å². The number of likely N-dealkylation sites (N-methyl/N-ethyl adjacent to an activating group) is 1. The summed E-state index contributed by atoms with van der Waals surface area (Å²) in [6.07, 6.45) is 0.692. The molecule has 0 saturated carbocycles. The first-order valence-corrected chi connectivity index (χ1v) is 6.32. The largest absolute Gasteiger partial charge is 0.468 e. The fraction of sp³-hybridized carbons (Fsp3) is 0.917. The van der Waals surface area contributed by atoms with Crippen LogP contribution in [-0.4, -0.2) is 62.9 Å². The fourth-order valence-corrected chi connectivity index (χ4v) is 2.13. The molecule has 0 aliphatic carbocycles. The van der Waals surface area contributed by atoms with Crippen LogP contribution in [0, 0.1) is 0 Å². The third kappa shape index (κ3) is 3.66. The molecule has 1 N–H and O–H groups in total. The van der Waals surface area contributed by atoms with Gasteiger partial charge in [0.05, 0.1) is 13.7 Å². The highest BCUT2D eigenvalue weighted by atomic mass is 16.5. The van der Waals surface area contributed by atoms with E-state index in [2.05, 4.69) is 24.1 Å². The van der Waals surface area contributed by atoms with Crippen LogP contribution >= 0.6 is 0 Å². The van der Waals surface area contributed by atoms with Crippen molar-refractivity contribution >= 4 is 5.97 Å². The van der Waals surface area contributed by atoms with E-state index < -0.39 is 5.54 Å². The van der Waals surface area contributed by atoms with Crippen molar-refractivity contribution in [1.29, 1.82) is 0 Å². The van der Waals surface area contributed by atoms with Crippen LogP contribution in [0.4, 0.5) is 0 Å². The zero-order chi connectivity index (χ0) is 12.7. The Hall–Kier alpha value is -0.650. The second-order valence-electron chi connectivity index (χ2n) is 4.33. The normalized spacial score (nSPS) is 24.2. The average molecular weight is 244 g/mol. The molecule has 5 nitrogen and oxygen atoms in total. The van der Waals surface area contributed by atoms with E-state index in [9.17, 15) is 4.79 Å². The number of rotatable bonds is 7. The molecule has 0 amide bonds. The predicted octanol–water partition coefficient (Wildman–Crippen LogP) is 0.250. The molecule has 100 valence electrons. The molecule has 1 aliphatic heterocycles. The molecule has 1 saturated heterocycles. The van der Waals surface area contributed by atoms with E-state index in [4.69, 9.17) is 9.47 Å². The quantitative estimate of drug-likeness (QED) is 0.651. The van der Waals surface area contributed by atoms with E-state index >= 15 is 0 Å². The Morgan fingerprint density at radius 3 is 2.65 bits per heavy atom. The SMILES string of the molecule is CCN(CC)CCNC1(C(=O)OC)CCOC1. The Kier molecular flexibility index (Phi) is 5.88. The van der Waals surface area contributed by atoms with E-state index in [1.807, 2.05) is 0 Å². The van der Waals surface area contributed by atoms with Gasteiger partial charge in [-0.1, -0.05) is 13.8 Å². The summed E-state index contributed by atoms with van der Waals surface area (Å²) in [4.78, 5) is 14.1. The number of carbonyl (C=O) groups is 1.